The minimum Gasteiger partial charge on any atom is -0.481 e. The van der Waals surface area contributed by atoms with Gasteiger partial charge in [0.2, 0.25) is 0 Å². The number of carboxylic acid groups (broad SMARTS) is 1. The molecule has 0 saturated heterocycles. The van der Waals surface area contributed by atoms with Gasteiger partial charge >= 0.3 is 5.97 Å². The van der Waals surface area contributed by atoms with Crippen LogP contribution in [0.5, 0.6) is 0 Å². The Balaban J connectivity index is 2.89. The van der Waals surface area contributed by atoms with Gasteiger partial charge in [-0.15, -0.1) is 0 Å². The molecular weight excluding hydrogens is 178 g/mol. The second-order valence-electron chi connectivity index (χ2n) is 4.17. The van der Waals surface area contributed by atoms with Crippen molar-refractivity contribution in [3.05, 3.63) is 29.6 Å². The molecule has 0 aliphatic carbocycles. The quantitative estimate of drug-likeness (QED) is 0.799. The Labute approximate surface area is 83.8 Å². The number of hydrogen-bond acceptors (Lipinski definition) is 2. The molecule has 0 amide bonds. The van der Waals surface area contributed by atoms with E-state index in [2.05, 4.69) is 4.98 Å². The number of aliphatic carboxylic acids is 1. The molecule has 0 bridgehead atoms. The molecule has 0 radical (unpaired) electrons. The highest BCUT2D eigenvalue weighted by atomic mass is 16.4. The predicted octanol–water partition coefficient (Wildman–Crippen LogP) is 2.04. The third-order valence-electron chi connectivity index (χ3n) is 2.36. The number of carboxylic acids is 1. The second kappa shape index (κ2) is 3.78. The SMILES string of the molecule is Cc1ccncc1CC(C)(C)C(=O)O. The maximum absolute atomic E-state index is 10.9. The molecular formula is C11H15NO2. The van der Waals surface area contributed by atoms with Gasteiger partial charge in [-0.05, 0) is 44.4 Å². The number of hydrogen-bond donors (Lipinski definition) is 1. The van der Waals surface area contributed by atoms with Crippen molar-refractivity contribution in [2.75, 3.05) is 0 Å². The largest absolute Gasteiger partial charge is 0.481 e. The molecule has 0 spiro atoms. The third kappa shape index (κ3) is 2.31. The molecule has 1 rings (SSSR count). The molecule has 0 aliphatic heterocycles. The van der Waals surface area contributed by atoms with Crippen LogP contribution in [0, 0.1) is 12.3 Å². The van der Waals surface area contributed by atoms with Crippen molar-refractivity contribution in [1.82, 2.24) is 4.98 Å². The summed E-state index contributed by atoms with van der Waals surface area (Å²) >= 11 is 0. The summed E-state index contributed by atoms with van der Waals surface area (Å²) in [7, 11) is 0. The van der Waals surface area contributed by atoms with Crippen LogP contribution < -0.4 is 0 Å². The van der Waals surface area contributed by atoms with Gasteiger partial charge in [0.15, 0.2) is 0 Å². The van der Waals surface area contributed by atoms with Gasteiger partial charge in [0.1, 0.15) is 0 Å². The first-order valence-corrected chi connectivity index (χ1v) is 4.56. The lowest BCUT2D eigenvalue weighted by atomic mass is 9.85. The van der Waals surface area contributed by atoms with Gasteiger partial charge in [0.25, 0.3) is 0 Å². The summed E-state index contributed by atoms with van der Waals surface area (Å²) in [5, 5.41) is 8.97. The smallest absolute Gasteiger partial charge is 0.309 e. The predicted molar refractivity (Wildman–Crippen MR) is 54.1 cm³/mol. The fourth-order valence-corrected chi connectivity index (χ4v) is 1.23. The zero-order valence-electron chi connectivity index (χ0n) is 8.74. The minimum absolute atomic E-state index is 0.516. The fourth-order valence-electron chi connectivity index (χ4n) is 1.23. The molecule has 0 atom stereocenters. The normalized spacial score (nSPS) is 11.4. The Morgan fingerprint density at radius 1 is 1.57 bits per heavy atom. The van der Waals surface area contributed by atoms with E-state index in [-0.39, 0.29) is 0 Å². The van der Waals surface area contributed by atoms with Crippen LogP contribution in [-0.4, -0.2) is 16.1 Å². The summed E-state index contributed by atoms with van der Waals surface area (Å²) in [6.45, 7) is 5.42. The first-order valence-electron chi connectivity index (χ1n) is 4.56. The highest BCUT2D eigenvalue weighted by Gasteiger charge is 2.27. The Bertz CT molecular complexity index is 345. The Kier molecular flexibility index (Phi) is 2.89. The molecule has 0 unspecified atom stereocenters. The molecule has 1 N–H and O–H groups in total. The summed E-state index contributed by atoms with van der Waals surface area (Å²) in [6.07, 6.45) is 3.97. The Morgan fingerprint density at radius 2 is 2.21 bits per heavy atom. The molecule has 1 aromatic rings. The van der Waals surface area contributed by atoms with Crippen molar-refractivity contribution in [1.29, 1.82) is 0 Å². The molecule has 3 nitrogen and oxygen atoms in total. The van der Waals surface area contributed by atoms with Gasteiger partial charge in [-0.1, -0.05) is 0 Å². The van der Waals surface area contributed by atoms with Gasteiger partial charge in [-0.3, -0.25) is 9.78 Å². The lowest BCUT2D eigenvalue weighted by Gasteiger charge is -2.19. The van der Waals surface area contributed by atoms with E-state index in [0.717, 1.165) is 11.1 Å². The van der Waals surface area contributed by atoms with Crippen molar-refractivity contribution < 1.29 is 9.90 Å². The molecule has 3 heteroatoms. The molecule has 14 heavy (non-hydrogen) atoms. The summed E-state index contributed by atoms with van der Waals surface area (Å²) in [5.41, 5.74) is 1.36. The standard InChI is InChI=1S/C11H15NO2/c1-8-4-5-12-7-9(8)6-11(2,3)10(13)14/h4-5,7H,6H2,1-3H3,(H,13,14). The van der Waals surface area contributed by atoms with E-state index in [1.807, 2.05) is 13.0 Å². The van der Waals surface area contributed by atoms with Gasteiger partial charge in [0.05, 0.1) is 5.41 Å². The topological polar surface area (TPSA) is 50.2 Å². The van der Waals surface area contributed by atoms with Crippen LogP contribution in [0.1, 0.15) is 25.0 Å². The molecule has 0 aromatic carbocycles. The zero-order valence-corrected chi connectivity index (χ0v) is 8.74. The average Bonchev–Trinajstić information content (AvgIpc) is 2.08. The first-order chi connectivity index (χ1) is 6.43. The second-order valence-corrected chi connectivity index (χ2v) is 4.17. The van der Waals surface area contributed by atoms with E-state index in [1.54, 1.807) is 26.2 Å². The average molecular weight is 193 g/mol. The number of nitrogens with zero attached hydrogens (tertiary/aromatic N) is 1. The van der Waals surface area contributed by atoms with Crippen LogP contribution in [0.15, 0.2) is 18.5 Å². The fraction of sp³-hybridized carbons (Fsp3) is 0.455. The molecule has 0 aliphatic rings. The maximum atomic E-state index is 10.9. The van der Waals surface area contributed by atoms with Crippen LogP contribution in [0.25, 0.3) is 0 Å². The van der Waals surface area contributed by atoms with Gasteiger partial charge in [0, 0.05) is 12.4 Å². The van der Waals surface area contributed by atoms with Gasteiger partial charge in [-0.2, -0.15) is 0 Å². The Morgan fingerprint density at radius 3 is 2.71 bits per heavy atom. The van der Waals surface area contributed by atoms with Crippen molar-refractivity contribution in [3.8, 4) is 0 Å². The summed E-state index contributed by atoms with van der Waals surface area (Å²) in [4.78, 5) is 14.9. The summed E-state index contributed by atoms with van der Waals surface area (Å²) in [5.74, 6) is -0.777. The molecule has 0 saturated carbocycles. The van der Waals surface area contributed by atoms with Crippen LogP contribution in [0.2, 0.25) is 0 Å². The lowest BCUT2D eigenvalue weighted by Crippen LogP contribution is -2.26. The van der Waals surface area contributed by atoms with E-state index in [9.17, 15) is 4.79 Å². The number of rotatable bonds is 3. The third-order valence-corrected chi connectivity index (χ3v) is 2.36. The van der Waals surface area contributed by atoms with E-state index >= 15 is 0 Å². The van der Waals surface area contributed by atoms with Crippen molar-refractivity contribution in [3.63, 3.8) is 0 Å². The lowest BCUT2D eigenvalue weighted by molar-refractivity contribution is -0.146. The number of carbonyl (C=O) groups is 1. The number of aryl methyl sites for hydroxylation is 1. The zero-order chi connectivity index (χ0) is 10.8. The maximum Gasteiger partial charge on any atom is 0.309 e. The molecule has 1 aromatic heterocycles. The molecule has 76 valence electrons. The highest BCUT2D eigenvalue weighted by molar-refractivity contribution is 5.74. The number of pyridine rings is 1. The van der Waals surface area contributed by atoms with Gasteiger partial charge in [-0.25, -0.2) is 0 Å². The van der Waals surface area contributed by atoms with Crippen molar-refractivity contribution >= 4 is 5.97 Å². The Hall–Kier alpha value is -1.38. The first kappa shape index (κ1) is 10.7. The van der Waals surface area contributed by atoms with Crippen LogP contribution in [0.3, 0.4) is 0 Å². The minimum atomic E-state index is -0.777. The number of aromatic nitrogens is 1. The van der Waals surface area contributed by atoms with Crippen LogP contribution in [0.4, 0.5) is 0 Å². The van der Waals surface area contributed by atoms with Gasteiger partial charge < -0.3 is 5.11 Å². The summed E-state index contributed by atoms with van der Waals surface area (Å²) < 4.78 is 0. The van der Waals surface area contributed by atoms with Crippen LogP contribution >= 0.6 is 0 Å². The van der Waals surface area contributed by atoms with E-state index in [4.69, 9.17) is 5.11 Å². The van der Waals surface area contributed by atoms with Crippen LogP contribution in [-0.2, 0) is 11.2 Å². The van der Waals surface area contributed by atoms with E-state index in [1.165, 1.54) is 0 Å². The highest BCUT2D eigenvalue weighted by Crippen LogP contribution is 2.23. The van der Waals surface area contributed by atoms with E-state index in [0.29, 0.717) is 6.42 Å². The van der Waals surface area contributed by atoms with Crippen molar-refractivity contribution in [2.24, 2.45) is 5.41 Å². The summed E-state index contributed by atoms with van der Waals surface area (Å²) in [6, 6.07) is 1.90. The van der Waals surface area contributed by atoms with E-state index < -0.39 is 11.4 Å². The van der Waals surface area contributed by atoms with Crippen molar-refractivity contribution in [2.45, 2.75) is 27.2 Å². The molecule has 1 heterocycles. The monoisotopic (exact) mass is 193 g/mol. The molecule has 0 fully saturated rings.